The highest BCUT2D eigenvalue weighted by Crippen LogP contribution is 2.28. The van der Waals surface area contributed by atoms with Gasteiger partial charge in [-0.2, -0.15) is 0 Å². The summed E-state index contributed by atoms with van der Waals surface area (Å²) < 4.78 is 0. The molecule has 1 amide bonds. The zero-order valence-corrected chi connectivity index (χ0v) is 18.4. The molecule has 0 spiro atoms. The van der Waals surface area contributed by atoms with Crippen LogP contribution in [0.4, 0.5) is 5.69 Å². The molecule has 0 radical (unpaired) electrons. The first kappa shape index (κ1) is 20.9. The Morgan fingerprint density at radius 2 is 1.77 bits per heavy atom. The highest BCUT2D eigenvalue weighted by Gasteiger charge is 2.21. The fourth-order valence-corrected chi connectivity index (χ4v) is 5.13. The minimum Gasteiger partial charge on any atom is -0.367 e. The third-order valence-corrected chi connectivity index (χ3v) is 6.45. The average molecular weight is 406 g/mol. The Balaban J connectivity index is 1.22. The molecule has 1 saturated heterocycles. The predicted octanol–water partition coefficient (Wildman–Crippen LogP) is 4.35. The first-order chi connectivity index (χ1) is 14.6. The van der Waals surface area contributed by atoms with Gasteiger partial charge in [0.25, 0.3) is 5.91 Å². The Morgan fingerprint density at radius 3 is 2.53 bits per heavy atom. The minimum absolute atomic E-state index is 0.0356. The van der Waals surface area contributed by atoms with Gasteiger partial charge in [0, 0.05) is 44.0 Å². The first-order valence-corrected chi connectivity index (χ1v) is 11.5. The summed E-state index contributed by atoms with van der Waals surface area (Å²) in [7, 11) is 0. The third-order valence-electron chi connectivity index (χ3n) is 6.45. The van der Waals surface area contributed by atoms with E-state index in [0.717, 1.165) is 56.4 Å². The van der Waals surface area contributed by atoms with Gasteiger partial charge in [-0.15, -0.1) is 0 Å². The molecule has 4 heteroatoms. The summed E-state index contributed by atoms with van der Waals surface area (Å²) >= 11 is 0. The molecule has 1 N–H and O–H groups in total. The number of fused-ring (bicyclic) bond motifs is 1. The molecule has 0 saturated carbocycles. The Labute approximate surface area is 181 Å². The van der Waals surface area contributed by atoms with Crippen LogP contribution in [0.15, 0.2) is 48.5 Å². The number of hydrogen-bond donors (Lipinski definition) is 1. The molecule has 160 valence electrons. The molecular formula is C26H35N3O. The normalized spacial score (nSPS) is 21.5. The van der Waals surface area contributed by atoms with E-state index in [-0.39, 0.29) is 5.91 Å². The van der Waals surface area contributed by atoms with Gasteiger partial charge in [-0.05, 0) is 67.0 Å². The standard InChI is InChI=1S/C26H35N3O/c1-20-16-21(2)18-28(17-20)14-5-13-27-26(30)24-10-8-22(9-11-24)19-29-15-12-23-6-3-4-7-25(23)29/h3-4,6-11,20-21H,5,12-19H2,1-2H3,(H,27,30)/t20-,21+. The summed E-state index contributed by atoms with van der Waals surface area (Å²) in [6.07, 6.45) is 3.47. The molecule has 0 aliphatic carbocycles. The maximum absolute atomic E-state index is 12.5. The van der Waals surface area contributed by atoms with Crippen molar-refractivity contribution < 1.29 is 4.79 Å². The molecule has 2 heterocycles. The van der Waals surface area contributed by atoms with Crippen molar-refractivity contribution in [2.45, 2.75) is 39.7 Å². The topological polar surface area (TPSA) is 35.6 Å². The van der Waals surface area contributed by atoms with Crippen LogP contribution < -0.4 is 10.2 Å². The summed E-state index contributed by atoms with van der Waals surface area (Å²) in [5, 5.41) is 3.09. The quantitative estimate of drug-likeness (QED) is 0.696. The second-order valence-corrected chi connectivity index (χ2v) is 9.31. The number of nitrogens with one attached hydrogen (secondary N) is 1. The van der Waals surface area contributed by atoms with E-state index in [1.165, 1.54) is 36.3 Å². The Morgan fingerprint density at radius 1 is 1.03 bits per heavy atom. The highest BCUT2D eigenvalue weighted by atomic mass is 16.1. The van der Waals surface area contributed by atoms with Gasteiger partial charge in [0.2, 0.25) is 0 Å². The van der Waals surface area contributed by atoms with Gasteiger partial charge < -0.3 is 15.1 Å². The molecule has 30 heavy (non-hydrogen) atoms. The third kappa shape index (κ3) is 5.23. The molecule has 2 aromatic carbocycles. The van der Waals surface area contributed by atoms with Gasteiger partial charge in [0.15, 0.2) is 0 Å². The molecule has 4 rings (SSSR count). The number of nitrogens with zero attached hydrogens (tertiary/aromatic N) is 2. The molecule has 2 atom stereocenters. The molecule has 0 unspecified atom stereocenters. The van der Waals surface area contributed by atoms with E-state index in [1.807, 2.05) is 12.1 Å². The summed E-state index contributed by atoms with van der Waals surface area (Å²) in [6.45, 7) is 10.9. The van der Waals surface area contributed by atoms with E-state index >= 15 is 0 Å². The molecule has 0 aromatic heterocycles. The number of anilines is 1. The summed E-state index contributed by atoms with van der Waals surface area (Å²) in [5.74, 6) is 1.61. The largest absolute Gasteiger partial charge is 0.367 e. The SMILES string of the molecule is C[C@@H]1C[C@H](C)CN(CCCNC(=O)c2ccc(CN3CCc4ccccc43)cc2)C1. The Bertz CT molecular complexity index is 838. The van der Waals surface area contributed by atoms with Gasteiger partial charge in [0.05, 0.1) is 0 Å². The second-order valence-electron chi connectivity index (χ2n) is 9.31. The number of benzene rings is 2. The van der Waals surface area contributed by atoms with Crippen LogP contribution in [-0.4, -0.2) is 43.5 Å². The fraction of sp³-hybridized carbons (Fsp3) is 0.500. The number of rotatable bonds is 7. The van der Waals surface area contributed by atoms with Gasteiger partial charge in [-0.1, -0.05) is 44.2 Å². The van der Waals surface area contributed by atoms with E-state index < -0.39 is 0 Å². The molecule has 4 nitrogen and oxygen atoms in total. The Hall–Kier alpha value is -2.33. The van der Waals surface area contributed by atoms with Crippen molar-refractivity contribution in [3.8, 4) is 0 Å². The lowest BCUT2D eigenvalue weighted by Gasteiger charge is -2.34. The predicted molar refractivity (Wildman–Crippen MR) is 124 cm³/mol. The van der Waals surface area contributed by atoms with Gasteiger partial charge in [-0.25, -0.2) is 0 Å². The molecule has 0 bridgehead atoms. The molecular weight excluding hydrogens is 370 g/mol. The van der Waals surface area contributed by atoms with Gasteiger partial charge in [-0.3, -0.25) is 4.79 Å². The van der Waals surface area contributed by atoms with E-state index in [0.29, 0.717) is 0 Å². The maximum atomic E-state index is 12.5. The van der Waals surface area contributed by atoms with Crippen LogP contribution in [0, 0.1) is 11.8 Å². The summed E-state index contributed by atoms with van der Waals surface area (Å²) in [6, 6.07) is 16.7. The zero-order valence-electron chi connectivity index (χ0n) is 18.4. The smallest absolute Gasteiger partial charge is 0.251 e. The molecule has 2 aliphatic heterocycles. The number of hydrogen-bond acceptors (Lipinski definition) is 3. The number of para-hydroxylation sites is 1. The minimum atomic E-state index is 0.0356. The van der Waals surface area contributed by atoms with Crippen LogP contribution in [0.3, 0.4) is 0 Å². The van der Waals surface area contributed by atoms with Crippen LogP contribution in [0.25, 0.3) is 0 Å². The number of amides is 1. The lowest BCUT2D eigenvalue weighted by molar-refractivity contribution is 0.0947. The number of carbonyl (C=O) groups is 1. The summed E-state index contributed by atoms with van der Waals surface area (Å²) in [5.41, 5.74) is 4.77. The van der Waals surface area contributed by atoms with Crippen LogP contribution in [0.5, 0.6) is 0 Å². The van der Waals surface area contributed by atoms with Crippen molar-refractivity contribution in [3.63, 3.8) is 0 Å². The van der Waals surface area contributed by atoms with E-state index in [9.17, 15) is 4.79 Å². The fourth-order valence-electron chi connectivity index (χ4n) is 5.13. The number of carbonyl (C=O) groups excluding carboxylic acids is 1. The molecule has 1 fully saturated rings. The Kier molecular flexibility index (Phi) is 6.73. The average Bonchev–Trinajstić information content (AvgIpc) is 3.14. The van der Waals surface area contributed by atoms with Gasteiger partial charge in [0.1, 0.15) is 0 Å². The van der Waals surface area contributed by atoms with Gasteiger partial charge >= 0.3 is 0 Å². The van der Waals surface area contributed by atoms with Crippen molar-refractivity contribution in [3.05, 3.63) is 65.2 Å². The first-order valence-electron chi connectivity index (χ1n) is 11.5. The maximum Gasteiger partial charge on any atom is 0.251 e. The van der Waals surface area contributed by atoms with E-state index in [2.05, 4.69) is 65.4 Å². The van der Waals surface area contributed by atoms with E-state index in [4.69, 9.17) is 0 Å². The number of likely N-dealkylation sites (tertiary alicyclic amines) is 1. The highest BCUT2D eigenvalue weighted by molar-refractivity contribution is 5.94. The number of piperidine rings is 1. The van der Waals surface area contributed by atoms with Crippen molar-refractivity contribution >= 4 is 11.6 Å². The van der Waals surface area contributed by atoms with Crippen molar-refractivity contribution in [1.29, 1.82) is 0 Å². The lowest BCUT2D eigenvalue weighted by Crippen LogP contribution is -2.40. The lowest BCUT2D eigenvalue weighted by atomic mass is 9.92. The molecule has 2 aliphatic rings. The monoisotopic (exact) mass is 405 g/mol. The zero-order chi connectivity index (χ0) is 20.9. The van der Waals surface area contributed by atoms with Crippen LogP contribution in [0.2, 0.25) is 0 Å². The van der Waals surface area contributed by atoms with Crippen LogP contribution in [-0.2, 0) is 13.0 Å². The van der Waals surface area contributed by atoms with Crippen molar-refractivity contribution in [2.75, 3.05) is 37.6 Å². The summed E-state index contributed by atoms with van der Waals surface area (Å²) in [4.78, 5) is 17.5. The van der Waals surface area contributed by atoms with Crippen molar-refractivity contribution in [2.24, 2.45) is 11.8 Å². The van der Waals surface area contributed by atoms with Crippen LogP contribution in [0.1, 0.15) is 48.2 Å². The van der Waals surface area contributed by atoms with E-state index in [1.54, 1.807) is 0 Å². The molecule has 2 aromatic rings. The van der Waals surface area contributed by atoms with Crippen molar-refractivity contribution in [1.82, 2.24) is 10.2 Å². The second kappa shape index (κ2) is 9.65. The van der Waals surface area contributed by atoms with Crippen LogP contribution >= 0.6 is 0 Å².